The zero-order valence-corrected chi connectivity index (χ0v) is 13.5. The average Bonchev–Trinajstić information content (AvgIpc) is 3.12. The highest BCUT2D eigenvalue weighted by atomic mass is 16.1. The lowest BCUT2D eigenvalue weighted by atomic mass is 9.97. The summed E-state index contributed by atoms with van der Waals surface area (Å²) in [5.41, 5.74) is 1.68. The van der Waals surface area contributed by atoms with Crippen LogP contribution in [0.25, 0.3) is 11.5 Å². The number of hydrogen-bond acceptors (Lipinski definition) is 6. The van der Waals surface area contributed by atoms with Crippen molar-refractivity contribution in [2.45, 2.75) is 31.8 Å². The summed E-state index contributed by atoms with van der Waals surface area (Å²) in [6.07, 6.45) is 9.99. The van der Waals surface area contributed by atoms with E-state index in [1.807, 2.05) is 16.7 Å². The predicted octanol–water partition coefficient (Wildman–Crippen LogP) is 1.32. The van der Waals surface area contributed by atoms with Gasteiger partial charge in [-0.3, -0.25) is 14.8 Å². The largest absolute Gasteiger partial charge is 0.351 e. The van der Waals surface area contributed by atoms with Crippen LogP contribution in [0.15, 0.2) is 43.1 Å². The summed E-state index contributed by atoms with van der Waals surface area (Å²) < 4.78 is 1.98. The standard InChI is InChI=1S/C17H17N7O/c25-17(21-10-12-3-5-18-6-4-12)13-2-1-9-24-15(13)22-23-16(24)14-11-19-7-8-20-14/h3-8,11,13H,1-2,9-10H2,(H,21,25). The molecule has 0 fully saturated rings. The minimum Gasteiger partial charge on any atom is -0.351 e. The van der Waals surface area contributed by atoms with Gasteiger partial charge in [0, 0.05) is 37.9 Å². The molecule has 0 saturated heterocycles. The molecule has 25 heavy (non-hydrogen) atoms. The van der Waals surface area contributed by atoms with Crippen molar-refractivity contribution >= 4 is 5.91 Å². The Bertz CT molecular complexity index is 863. The number of aromatic nitrogens is 6. The number of hydrogen-bond donors (Lipinski definition) is 1. The number of carbonyl (C=O) groups excluding carboxylic acids is 1. The minimum absolute atomic E-state index is 0.0316. The average molecular weight is 335 g/mol. The van der Waals surface area contributed by atoms with E-state index in [2.05, 4.69) is 30.5 Å². The molecule has 1 N–H and O–H groups in total. The van der Waals surface area contributed by atoms with Crippen LogP contribution in [-0.4, -0.2) is 35.6 Å². The summed E-state index contributed by atoms with van der Waals surface area (Å²) in [4.78, 5) is 25.0. The molecular weight excluding hydrogens is 318 g/mol. The number of amides is 1. The molecule has 0 saturated carbocycles. The molecule has 4 rings (SSSR count). The van der Waals surface area contributed by atoms with Crippen LogP contribution in [-0.2, 0) is 17.9 Å². The second-order valence-corrected chi connectivity index (χ2v) is 5.89. The highest BCUT2D eigenvalue weighted by molar-refractivity contribution is 5.83. The molecule has 1 aliphatic heterocycles. The van der Waals surface area contributed by atoms with Crippen LogP contribution >= 0.6 is 0 Å². The van der Waals surface area contributed by atoms with E-state index in [-0.39, 0.29) is 11.8 Å². The van der Waals surface area contributed by atoms with Crippen molar-refractivity contribution in [3.63, 3.8) is 0 Å². The summed E-state index contributed by atoms with van der Waals surface area (Å²) >= 11 is 0. The van der Waals surface area contributed by atoms with E-state index in [1.54, 1.807) is 31.0 Å². The van der Waals surface area contributed by atoms with Crippen LogP contribution in [0.5, 0.6) is 0 Å². The Kier molecular flexibility index (Phi) is 4.16. The summed E-state index contributed by atoms with van der Waals surface area (Å²) in [5, 5.41) is 11.5. The Hall–Kier alpha value is -3.16. The second kappa shape index (κ2) is 6.76. The zero-order valence-electron chi connectivity index (χ0n) is 13.5. The van der Waals surface area contributed by atoms with Crippen LogP contribution in [0.3, 0.4) is 0 Å². The van der Waals surface area contributed by atoms with Crippen LogP contribution in [0.4, 0.5) is 0 Å². The van der Waals surface area contributed by atoms with E-state index in [0.717, 1.165) is 24.9 Å². The monoisotopic (exact) mass is 335 g/mol. The Morgan fingerprint density at radius 3 is 2.84 bits per heavy atom. The Labute approximate surface area is 144 Å². The predicted molar refractivity (Wildman–Crippen MR) is 89.1 cm³/mol. The fourth-order valence-corrected chi connectivity index (χ4v) is 3.04. The SMILES string of the molecule is O=C(NCc1ccncc1)C1CCCn2c(-c3cnccn3)nnc21. The Morgan fingerprint density at radius 2 is 2.04 bits per heavy atom. The van der Waals surface area contributed by atoms with Gasteiger partial charge >= 0.3 is 0 Å². The maximum absolute atomic E-state index is 12.6. The van der Waals surface area contributed by atoms with Gasteiger partial charge in [-0.05, 0) is 30.5 Å². The van der Waals surface area contributed by atoms with Crippen LogP contribution < -0.4 is 5.32 Å². The van der Waals surface area contributed by atoms with Gasteiger partial charge < -0.3 is 9.88 Å². The van der Waals surface area contributed by atoms with Gasteiger partial charge in [0.05, 0.1) is 12.1 Å². The first-order valence-corrected chi connectivity index (χ1v) is 8.19. The first-order valence-electron chi connectivity index (χ1n) is 8.19. The molecule has 126 valence electrons. The van der Waals surface area contributed by atoms with E-state index >= 15 is 0 Å². The molecule has 1 unspecified atom stereocenters. The minimum atomic E-state index is -0.298. The van der Waals surface area contributed by atoms with Crippen molar-refractivity contribution in [3.05, 3.63) is 54.5 Å². The Balaban J connectivity index is 1.54. The molecule has 8 nitrogen and oxygen atoms in total. The maximum Gasteiger partial charge on any atom is 0.231 e. The van der Waals surface area contributed by atoms with E-state index < -0.39 is 0 Å². The molecular formula is C17H17N7O. The molecule has 0 bridgehead atoms. The van der Waals surface area contributed by atoms with Crippen LogP contribution in [0.1, 0.15) is 30.1 Å². The molecule has 0 aliphatic carbocycles. The van der Waals surface area contributed by atoms with Crippen molar-refractivity contribution in [2.75, 3.05) is 0 Å². The molecule has 8 heteroatoms. The van der Waals surface area contributed by atoms with Gasteiger partial charge in [-0.1, -0.05) is 0 Å². The molecule has 3 aromatic rings. The van der Waals surface area contributed by atoms with E-state index in [4.69, 9.17) is 0 Å². The van der Waals surface area contributed by atoms with Crippen molar-refractivity contribution in [3.8, 4) is 11.5 Å². The molecule has 3 aromatic heterocycles. The second-order valence-electron chi connectivity index (χ2n) is 5.89. The van der Waals surface area contributed by atoms with Gasteiger partial charge in [0.2, 0.25) is 5.91 Å². The number of rotatable bonds is 4. The van der Waals surface area contributed by atoms with Gasteiger partial charge in [0.1, 0.15) is 11.5 Å². The van der Waals surface area contributed by atoms with Gasteiger partial charge in [-0.2, -0.15) is 0 Å². The number of pyridine rings is 1. The van der Waals surface area contributed by atoms with E-state index in [1.165, 1.54) is 0 Å². The Morgan fingerprint density at radius 1 is 1.16 bits per heavy atom. The third-order valence-corrected chi connectivity index (χ3v) is 4.29. The first kappa shape index (κ1) is 15.4. The number of nitrogens with one attached hydrogen (secondary N) is 1. The lowest BCUT2D eigenvalue weighted by Crippen LogP contribution is -2.33. The van der Waals surface area contributed by atoms with Crippen LogP contribution in [0.2, 0.25) is 0 Å². The van der Waals surface area contributed by atoms with Crippen LogP contribution in [0, 0.1) is 0 Å². The van der Waals surface area contributed by atoms with Crippen molar-refractivity contribution in [1.29, 1.82) is 0 Å². The molecule has 4 heterocycles. The summed E-state index contributed by atoms with van der Waals surface area (Å²) in [6, 6.07) is 3.77. The van der Waals surface area contributed by atoms with Gasteiger partial charge in [-0.25, -0.2) is 4.98 Å². The van der Waals surface area contributed by atoms with Crippen molar-refractivity contribution in [1.82, 2.24) is 35.0 Å². The lowest BCUT2D eigenvalue weighted by molar-refractivity contribution is -0.123. The third-order valence-electron chi connectivity index (χ3n) is 4.29. The topological polar surface area (TPSA) is 98.5 Å². The summed E-state index contributed by atoms with van der Waals surface area (Å²) in [5.74, 6) is 1.03. The fraction of sp³-hybridized carbons (Fsp3) is 0.294. The molecule has 0 aromatic carbocycles. The summed E-state index contributed by atoms with van der Waals surface area (Å²) in [7, 11) is 0. The maximum atomic E-state index is 12.6. The van der Waals surface area contributed by atoms with Crippen molar-refractivity contribution in [2.24, 2.45) is 0 Å². The van der Waals surface area contributed by atoms with Crippen molar-refractivity contribution < 1.29 is 4.79 Å². The molecule has 1 atom stereocenters. The molecule has 0 radical (unpaired) electrons. The molecule has 0 spiro atoms. The van der Waals surface area contributed by atoms with Gasteiger partial charge in [0.25, 0.3) is 0 Å². The smallest absolute Gasteiger partial charge is 0.231 e. The van der Waals surface area contributed by atoms with Gasteiger partial charge in [0.15, 0.2) is 5.82 Å². The quantitative estimate of drug-likeness (QED) is 0.772. The fourth-order valence-electron chi connectivity index (χ4n) is 3.04. The normalized spacial score (nSPS) is 16.2. The molecule has 1 aliphatic rings. The highest BCUT2D eigenvalue weighted by Gasteiger charge is 2.31. The third kappa shape index (κ3) is 3.10. The van der Waals surface area contributed by atoms with Gasteiger partial charge in [-0.15, -0.1) is 10.2 Å². The number of nitrogens with zero attached hydrogens (tertiary/aromatic N) is 6. The lowest BCUT2D eigenvalue weighted by Gasteiger charge is -2.22. The number of carbonyl (C=O) groups is 1. The number of fused-ring (bicyclic) bond motifs is 1. The van der Waals surface area contributed by atoms with E-state index in [0.29, 0.717) is 23.9 Å². The van der Waals surface area contributed by atoms with E-state index in [9.17, 15) is 4.79 Å². The zero-order chi connectivity index (χ0) is 17.1. The first-order chi connectivity index (χ1) is 12.3. The molecule has 1 amide bonds. The summed E-state index contributed by atoms with van der Waals surface area (Å²) in [6.45, 7) is 1.26. The highest BCUT2D eigenvalue weighted by Crippen LogP contribution is 2.29.